The molecule has 0 saturated heterocycles. The second-order valence-corrected chi connectivity index (χ2v) is 6.26. The minimum absolute atomic E-state index is 0.0103. The summed E-state index contributed by atoms with van der Waals surface area (Å²) in [4.78, 5) is 10.8. The van der Waals surface area contributed by atoms with Gasteiger partial charge in [-0.2, -0.15) is 0 Å². The van der Waals surface area contributed by atoms with Gasteiger partial charge in [0.1, 0.15) is 0 Å². The SMILES string of the molecule is Cc1ccccc1-c1cccc([N+](=O)[O-])c1OSC(C)C. The van der Waals surface area contributed by atoms with E-state index in [2.05, 4.69) is 0 Å². The van der Waals surface area contributed by atoms with Gasteiger partial charge in [0.15, 0.2) is 0 Å². The minimum Gasteiger partial charge on any atom is -0.418 e. The standard InChI is InChI=1S/C16H17NO3S/c1-11(2)21-20-16-14(9-6-10-15(16)17(18)19)13-8-5-4-7-12(13)3/h4-11H,1-3H3. The predicted molar refractivity (Wildman–Crippen MR) is 86.6 cm³/mol. The third-order valence-corrected chi connectivity index (χ3v) is 3.60. The first-order valence-electron chi connectivity index (χ1n) is 6.67. The third-order valence-electron chi connectivity index (χ3n) is 2.95. The zero-order chi connectivity index (χ0) is 15.4. The van der Waals surface area contributed by atoms with Gasteiger partial charge in [-0.3, -0.25) is 10.1 Å². The highest BCUT2D eigenvalue weighted by Gasteiger charge is 2.21. The highest BCUT2D eigenvalue weighted by Crippen LogP contribution is 2.41. The van der Waals surface area contributed by atoms with Gasteiger partial charge in [0.25, 0.3) is 0 Å². The number of nitro groups is 1. The number of nitro benzene ring substituents is 1. The van der Waals surface area contributed by atoms with E-state index in [4.69, 9.17) is 4.18 Å². The maximum absolute atomic E-state index is 11.3. The molecule has 0 aliphatic rings. The van der Waals surface area contributed by atoms with E-state index in [9.17, 15) is 10.1 Å². The molecule has 5 heteroatoms. The second kappa shape index (κ2) is 6.63. The van der Waals surface area contributed by atoms with Crippen molar-refractivity contribution in [1.29, 1.82) is 0 Å². The lowest BCUT2D eigenvalue weighted by atomic mass is 9.99. The van der Waals surface area contributed by atoms with Crippen molar-refractivity contribution in [2.75, 3.05) is 0 Å². The lowest BCUT2D eigenvalue weighted by molar-refractivity contribution is -0.385. The lowest BCUT2D eigenvalue weighted by Gasteiger charge is -2.13. The molecule has 0 amide bonds. The van der Waals surface area contributed by atoms with Crippen molar-refractivity contribution in [3.63, 3.8) is 0 Å². The van der Waals surface area contributed by atoms with Gasteiger partial charge in [-0.25, -0.2) is 0 Å². The Labute approximate surface area is 128 Å². The molecule has 21 heavy (non-hydrogen) atoms. The summed E-state index contributed by atoms with van der Waals surface area (Å²) in [5, 5.41) is 11.5. The maximum atomic E-state index is 11.3. The van der Waals surface area contributed by atoms with Crippen molar-refractivity contribution < 1.29 is 9.11 Å². The Morgan fingerprint density at radius 3 is 2.38 bits per heavy atom. The Kier molecular flexibility index (Phi) is 4.85. The van der Waals surface area contributed by atoms with Crippen LogP contribution in [0.1, 0.15) is 19.4 Å². The van der Waals surface area contributed by atoms with Crippen LogP contribution in [0, 0.1) is 17.0 Å². The smallest absolute Gasteiger partial charge is 0.313 e. The van der Waals surface area contributed by atoms with Crippen LogP contribution in [-0.2, 0) is 0 Å². The molecular formula is C16H17NO3S. The normalized spacial score (nSPS) is 10.7. The van der Waals surface area contributed by atoms with Gasteiger partial charge in [0.2, 0.25) is 5.75 Å². The molecule has 110 valence electrons. The Balaban J connectivity index is 2.57. The molecule has 2 rings (SSSR count). The number of hydrogen-bond acceptors (Lipinski definition) is 4. The number of nitrogens with zero attached hydrogens (tertiary/aromatic N) is 1. The average molecular weight is 303 g/mol. The van der Waals surface area contributed by atoms with E-state index in [1.54, 1.807) is 6.07 Å². The molecule has 2 aromatic rings. The molecule has 0 aliphatic heterocycles. The number of para-hydroxylation sites is 1. The summed E-state index contributed by atoms with van der Waals surface area (Å²) in [6, 6.07) is 12.8. The molecule has 0 aromatic heterocycles. The first-order chi connectivity index (χ1) is 10.0. The molecule has 0 unspecified atom stereocenters. The number of hydrogen-bond donors (Lipinski definition) is 0. The van der Waals surface area contributed by atoms with Gasteiger partial charge in [0.05, 0.1) is 17.0 Å². The van der Waals surface area contributed by atoms with Crippen LogP contribution in [0.2, 0.25) is 0 Å². The van der Waals surface area contributed by atoms with E-state index in [-0.39, 0.29) is 10.9 Å². The fourth-order valence-electron chi connectivity index (χ4n) is 1.99. The van der Waals surface area contributed by atoms with Crippen molar-refractivity contribution >= 4 is 17.7 Å². The molecule has 0 radical (unpaired) electrons. The zero-order valence-corrected chi connectivity index (χ0v) is 13.0. The molecule has 0 saturated carbocycles. The second-order valence-electron chi connectivity index (χ2n) is 4.95. The summed E-state index contributed by atoms with van der Waals surface area (Å²) in [6.45, 7) is 5.94. The first-order valence-corrected chi connectivity index (χ1v) is 7.48. The zero-order valence-electron chi connectivity index (χ0n) is 12.2. The van der Waals surface area contributed by atoms with Gasteiger partial charge in [-0.1, -0.05) is 50.2 Å². The number of aryl methyl sites for hydroxylation is 1. The van der Waals surface area contributed by atoms with E-state index in [1.165, 1.54) is 18.1 Å². The third kappa shape index (κ3) is 3.55. The molecule has 0 atom stereocenters. The molecular weight excluding hydrogens is 286 g/mol. The van der Waals surface area contributed by atoms with E-state index < -0.39 is 4.92 Å². The molecule has 0 heterocycles. The van der Waals surface area contributed by atoms with Gasteiger partial charge >= 0.3 is 5.69 Å². The van der Waals surface area contributed by atoms with Crippen LogP contribution in [0.5, 0.6) is 5.75 Å². The monoisotopic (exact) mass is 303 g/mol. The van der Waals surface area contributed by atoms with E-state index >= 15 is 0 Å². The Hall–Kier alpha value is -2.01. The summed E-state index contributed by atoms with van der Waals surface area (Å²) in [6.07, 6.45) is 0. The van der Waals surface area contributed by atoms with Gasteiger partial charge in [-0.15, -0.1) is 0 Å². The van der Waals surface area contributed by atoms with Gasteiger partial charge < -0.3 is 4.18 Å². The summed E-state index contributed by atoms with van der Waals surface area (Å²) in [7, 11) is 0. The summed E-state index contributed by atoms with van der Waals surface area (Å²) >= 11 is 1.23. The highest BCUT2D eigenvalue weighted by atomic mass is 32.2. The fourth-order valence-corrected chi connectivity index (χ4v) is 2.45. The molecule has 0 bridgehead atoms. The molecule has 0 spiro atoms. The summed E-state index contributed by atoms with van der Waals surface area (Å²) in [5.41, 5.74) is 2.73. The van der Waals surface area contributed by atoms with Crippen LogP contribution < -0.4 is 4.18 Å². The van der Waals surface area contributed by atoms with E-state index in [0.29, 0.717) is 5.75 Å². The predicted octanol–water partition coefficient (Wildman–Crippen LogP) is 5.01. The average Bonchev–Trinajstić information content (AvgIpc) is 2.45. The van der Waals surface area contributed by atoms with Crippen LogP contribution in [0.4, 0.5) is 5.69 Å². The van der Waals surface area contributed by atoms with Crippen molar-refractivity contribution in [3.05, 3.63) is 58.1 Å². The quantitative estimate of drug-likeness (QED) is 0.443. The molecule has 0 aliphatic carbocycles. The maximum Gasteiger partial charge on any atom is 0.313 e. The molecule has 2 aromatic carbocycles. The van der Waals surface area contributed by atoms with Crippen LogP contribution >= 0.6 is 12.0 Å². The van der Waals surface area contributed by atoms with Crippen molar-refractivity contribution in [3.8, 4) is 16.9 Å². The largest absolute Gasteiger partial charge is 0.418 e. The number of benzene rings is 2. The Morgan fingerprint density at radius 1 is 1.10 bits per heavy atom. The van der Waals surface area contributed by atoms with Crippen molar-refractivity contribution in [2.24, 2.45) is 0 Å². The van der Waals surface area contributed by atoms with Crippen LogP contribution in [0.25, 0.3) is 11.1 Å². The van der Waals surface area contributed by atoms with Gasteiger partial charge in [0, 0.05) is 16.9 Å². The molecule has 0 N–H and O–H groups in total. The van der Waals surface area contributed by atoms with Gasteiger partial charge in [-0.05, 0) is 18.1 Å². The van der Waals surface area contributed by atoms with E-state index in [1.807, 2.05) is 51.1 Å². The minimum atomic E-state index is -0.405. The van der Waals surface area contributed by atoms with Crippen LogP contribution in [0.3, 0.4) is 0 Å². The van der Waals surface area contributed by atoms with Crippen LogP contribution in [0.15, 0.2) is 42.5 Å². The molecule has 0 fully saturated rings. The molecule has 4 nitrogen and oxygen atoms in total. The van der Waals surface area contributed by atoms with Crippen LogP contribution in [-0.4, -0.2) is 10.2 Å². The van der Waals surface area contributed by atoms with Crippen molar-refractivity contribution in [1.82, 2.24) is 0 Å². The first kappa shape index (κ1) is 15.4. The summed E-state index contributed by atoms with van der Waals surface area (Å²) in [5.74, 6) is 0.315. The lowest BCUT2D eigenvalue weighted by Crippen LogP contribution is -1.98. The highest BCUT2D eigenvalue weighted by molar-refractivity contribution is 7.95. The Morgan fingerprint density at radius 2 is 1.76 bits per heavy atom. The van der Waals surface area contributed by atoms with E-state index in [0.717, 1.165) is 16.7 Å². The fraction of sp³-hybridized carbons (Fsp3) is 0.250. The number of rotatable bonds is 5. The Bertz CT molecular complexity index is 656. The topological polar surface area (TPSA) is 52.4 Å². The van der Waals surface area contributed by atoms with Crippen molar-refractivity contribution in [2.45, 2.75) is 26.0 Å². The summed E-state index contributed by atoms with van der Waals surface area (Å²) < 4.78 is 5.68.